The first-order valence-electron chi connectivity index (χ1n) is 7.28. The van der Waals surface area contributed by atoms with Crippen molar-refractivity contribution in [3.8, 4) is 5.13 Å². The van der Waals surface area contributed by atoms with Crippen LogP contribution in [-0.4, -0.2) is 31.6 Å². The molecule has 1 aromatic carbocycles. The molecule has 0 aliphatic heterocycles. The highest BCUT2D eigenvalue weighted by atomic mass is 32.1. The third kappa shape index (κ3) is 3.11. The van der Waals surface area contributed by atoms with E-state index in [1.54, 1.807) is 12.3 Å². The summed E-state index contributed by atoms with van der Waals surface area (Å²) >= 11 is 1.26. The maximum atomic E-state index is 12.4. The van der Waals surface area contributed by atoms with Crippen molar-refractivity contribution in [1.29, 1.82) is 0 Å². The van der Waals surface area contributed by atoms with Gasteiger partial charge in [0.1, 0.15) is 11.3 Å². The molecule has 0 aliphatic carbocycles. The minimum absolute atomic E-state index is 0.0774. The number of aromatic nitrogens is 3. The zero-order valence-corrected chi connectivity index (χ0v) is 14.0. The number of carboxylic acids is 1. The summed E-state index contributed by atoms with van der Waals surface area (Å²) in [6.45, 7) is 3.64. The largest absolute Gasteiger partial charge is 0.478 e. The average Bonchev–Trinajstić information content (AvgIpc) is 3.13. The highest BCUT2D eigenvalue weighted by Gasteiger charge is 2.18. The zero-order chi connectivity index (χ0) is 17.3. The molecule has 3 aromatic rings. The van der Waals surface area contributed by atoms with Crippen LogP contribution in [0.15, 0.2) is 35.8 Å². The van der Waals surface area contributed by atoms with Crippen LogP contribution >= 0.6 is 11.3 Å². The van der Waals surface area contributed by atoms with Crippen LogP contribution in [-0.2, 0) is 6.42 Å². The topological polar surface area (TPSA) is 85.1 Å². The van der Waals surface area contributed by atoms with Crippen LogP contribution in [0, 0.1) is 13.8 Å². The number of aryl methyl sites for hydroxylation is 1. The molecule has 0 atom stereocenters. The maximum Gasteiger partial charge on any atom is 0.339 e. The Kier molecular flexibility index (Phi) is 4.26. The van der Waals surface area contributed by atoms with E-state index >= 15 is 0 Å². The molecule has 0 radical (unpaired) electrons. The Hall–Kier alpha value is -2.80. The van der Waals surface area contributed by atoms with Crippen molar-refractivity contribution in [1.82, 2.24) is 14.8 Å². The molecule has 0 fully saturated rings. The number of rotatable bonds is 5. The van der Waals surface area contributed by atoms with Crippen LogP contribution in [0.5, 0.6) is 0 Å². The second-order valence-electron chi connectivity index (χ2n) is 5.46. The number of carboxylic acid groups (broad SMARTS) is 1. The van der Waals surface area contributed by atoms with Crippen molar-refractivity contribution >= 4 is 23.1 Å². The molecule has 0 aliphatic rings. The third-order valence-electron chi connectivity index (χ3n) is 3.65. The molecule has 122 valence electrons. The highest BCUT2D eigenvalue weighted by Crippen LogP contribution is 2.19. The number of benzene rings is 1. The molecule has 1 N–H and O–H groups in total. The van der Waals surface area contributed by atoms with Gasteiger partial charge in [0, 0.05) is 11.8 Å². The molecule has 3 rings (SSSR count). The lowest BCUT2D eigenvalue weighted by Gasteiger charge is -2.01. The number of carbonyl (C=O) groups excluding carboxylic acids is 1. The molecule has 0 spiro atoms. The van der Waals surface area contributed by atoms with Crippen LogP contribution in [0.1, 0.15) is 37.7 Å². The molecular weight excluding hydrogens is 326 g/mol. The Morgan fingerprint density at radius 3 is 2.75 bits per heavy atom. The van der Waals surface area contributed by atoms with E-state index in [0.29, 0.717) is 16.5 Å². The second-order valence-corrected chi connectivity index (χ2v) is 6.30. The van der Waals surface area contributed by atoms with Crippen molar-refractivity contribution in [2.75, 3.05) is 0 Å². The van der Waals surface area contributed by atoms with Gasteiger partial charge in [-0.3, -0.25) is 4.79 Å². The van der Waals surface area contributed by atoms with E-state index in [9.17, 15) is 9.59 Å². The Morgan fingerprint density at radius 1 is 1.29 bits per heavy atom. The van der Waals surface area contributed by atoms with Crippen LogP contribution in [0.3, 0.4) is 0 Å². The van der Waals surface area contributed by atoms with Gasteiger partial charge < -0.3 is 5.11 Å². The van der Waals surface area contributed by atoms with E-state index in [4.69, 9.17) is 5.11 Å². The monoisotopic (exact) mass is 341 g/mol. The quantitative estimate of drug-likeness (QED) is 0.721. The number of hydrogen-bond acceptors (Lipinski definition) is 5. The standard InChI is InChI=1S/C17H15N3O3S/c1-10-4-3-5-12(6-10)7-15(21)14-9-24-17(19-14)20-11(2)13(8-18-20)16(22)23/h3-6,8-9H,7H2,1-2H3,(H,22,23). The molecular formula is C17H15N3O3S. The molecule has 2 aromatic heterocycles. The maximum absolute atomic E-state index is 12.4. The molecule has 24 heavy (non-hydrogen) atoms. The first-order valence-corrected chi connectivity index (χ1v) is 8.16. The lowest BCUT2D eigenvalue weighted by molar-refractivity contribution is 0.0695. The molecule has 0 saturated carbocycles. The minimum Gasteiger partial charge on any atom is -0.478 e. The molecule has 2 heterocycles. The Bertz CT molecular complexity index is 927. The van der Waals surface area contributed by atoms with Crippen LogP contribution in [0.4, 0.5) is 0 Å². The summed E-state index contributed by atoms with van der Waals surface area (Å²) < 4.78 is 1.44. The van der Waals surface area contributed by atoms with Gasteiger partial charge in [0.05, 0.1) is 11.9 Å². The average molecular weight is 341 g/mol. The number of Topliss-reactive ketones (excluding diaryl/α,β-unsaturated/α-hetero) is 1. The van der Waals surface area contributed by atoms with E-state index in [-0.39, 0.29) is 17.8 Å². The van der Waals surface area contributed by atoms with Gasteiger partial charge >= 0.3 is 5.97 Å². The predicted molar refractivity (Wildman–Crippen MR) is 90.1 cm³/mol. The van der Waals surface area contributed by atoms with Crippen molar-refractivity contribution in [2.24, 2.45) is 0 Å². The number of ketones is 1. The SMILES string of the molecule is Cc1cccc(CC(=O)c2csc(-n3ncc(C(=O)O)c3C)n2)c1. The van der Waals surface area contributed by atoms with E-state index in [1.807, 2.05) is 31.2 Å². The normalized spacial score (nSPS) is 10.8. The van der Waals surface area contributed by atoms with Gasteiger partial charge in [-0.25, -0.2) is 14.5 Å². The molecule has 6 nitrogen and oxygen atoms in total. The highest BCUT2D eigenvalue weighted by molar-refractivity contribution is 7.12. The fraction of sp³-hybridized carbons (Fsp3) is 0.176. The number of thiazole rings is 1. The third-order valence-corrected chi connectivity index (χ3v) is 4.46. The fourth-order valence-corrected chi connectivity index (χ4v) is 3.24. The summed E-state index contributed by atoms with van der Waals surface area (Å²) in [5, 5.41) is 15.3. The van der Waals surface area contributed by atoms with Gasteiger partial charge in [-0.05, 0) is 19.4 Å². The summed E-state index contributed by atoms with van der Waals surface area (Å²) in [5.41, 5.74) is 3.02. The van der Waals surface area contributed by atoms with Gasteiger partial charge in [-0.2, -0.15) is 5.10 Å². The summed E-state index contributed by atoms with van der Waals surface area (Å²) in [7, 11) is 0. The summed E-state index contributed by atoms with van der Waals surface area (Å²) in [6, 6.07) is 7.79. The summed E-state index contributed by atoms with van der Waals surface area (Å²) in [5.74, 6) is -1.11. The minimum atomic E-state index is -1.04. The van der Waals surface area contributed by atoms with Gasteiger partial charge in [-0.1, -0.05) is 29.8 Å². The second kappa shape index (κ2) is 6.37. The van der Waals surface area contributed by atoms with Crippen molar-refractivity contribution in [3.05, 3.63) is 63.9 Å². The smallest absolute Gasteiger partial charge is 0.339 e. The number of nitrogens with zero attached hydrogens (tertiary/aromatic N) is 3. The first-order chi connectivity index (χ1) is 11.5. The van der Waals surface area contributed by atoms with Gasteiger partial charge in [0.2, 0.25) is 5.13 Å². The van der Waals surface area contributed by atoms with E-state index in [0.717, 1.165) is 11.1 Å². The Labute approximate surface area is 142 Å². The first kappa shape index (κ1) is 16.1. The lowest BCUT2D eigenvalue weighted by atomic mass is 10.1. The van der Waals surface area contributed by atoms with Crippen LogP contribution < -0.4 is 0 Å². The van der Waals surface area contributed by atoms with Crippen LogP contribution in [0.2, 0.25) is 0 Å². The summed E-state index contributed by atoms with van der Waals surface area (Å²) in [4.78, 5) is 27.8. The molecule has 0 amide bonds. The van der Waals surface area contributed by atoms with Crippen molar-refractivity contribution in [2.45, 2.75) is 20.3 Å². The Balaban J connectivity index is 1.83. The summed E-state index contributed by atoms with van der Waals surface area (Å²) in [6.07, 6.45) is 1.57. The number of hydrogen-bond donors (Lipinski definition) is 1. The lowest BCUT2D eigenvalue weighted by Crippen LogP contribution is -2.06. The van der Waals surface area contributed by atoms with E-state index in [1.165, 1.54) is 22.2 Å². The van der Waals surface area contributed by atoms with Gasteiger partial charge in [-0.15, -0.1) is 11.3 Å². The molecule has 0 bridgehead atoms. The van der Waals surface area contributed by atoms with E-state index in [2.05, 4.69) is 10.1 Å². The van der Waals surface area contributed by atoms with Crippen LogP contribution in [0.25, 0.3) is 5.13 Å². The fourth-order valence-electron chi connectivity index (χ4n) is 2.40. The van der Waals surface area contributed by atoms with Gasteiger partial charge in [0.25, 0.3) is 0 Å². The van der Waals surface area contributed by atoms with Crippen molar-refractivity contribution < 1.29 is 14.7 Å². The van der Waals surface area contributed by atoms with E-state index < -0.39 is 5.97 Å². The van der Waals surface area contributed by atoms with Crippen molar-refractivity contribution in [3.63, 3.8) is 0 Å². The molecule has 7 heteroatoms. The number of aromatic carboxylic acids is 1. The Morgan fingerprint density at radius 2 is 2.08 bits per heavy atom. The molecule has 0 unspecified atom stereocenters. The molecule has 0 saturated heterocycles. The number of carbonyl (C=O) groups is 2. The zero-order valence-electron chi connectivity index (χ0n) is 13.2. The van der Waals surface area contributed by atoms with Gasteiger partial charge in [0.15, 0.2) is 5.78 Å². The predicted octanol–water partition coefficient (Wildman–Crippen LogP) is 3.07.